The highest BCUT2D eigenvalue weighted by Crippen LogP contribution is 2.35. The highest BCUT2D eigenvalue weighted by molar-refractivity contribution is 7.97. The van der Waals surface area contributed by atoms with Crippen molar-refractivity contribution in [3.63, 3.8) is 0 Å². The molecule has 0 unspecified atom stereocenters. The molecule has 7 heteroatoms. The van der Waals surface area contributed by atoms with Gasteiger partial charge in [-0.1, -0.05) is 6.08 Å². The maximum Gasteiger partial charge on any atom is 0.334 e. The highest BCUT2D eigenvalue weighted by Gasteiger charge is 2.18. The van der Waals surface area contributed by atoms with Crippen LogP contribution in [0.3, 0.4) is 0 Å². The van der Waals surface area contributed by atoms with Gasteiger partial charge >= 0.3 is 5.97 Å². The SMILES string of the molecule is C=CCCN1CCN(C)Sc2ccc(C#N)cc21.CO/C=C/C(=O)OC(C)(C)C. The van der Waals surface area contributed by atoms with E-state index in [4.69, 9.17) is 10.00 Å². The molecule has 0 radical (unpaired) electrons. The number of benzene rings is 1. The molecular formula is C22H31N3O3S. The molecule has 6 nitrogen and oxygen atoms in total. The standard InChI is InChI=1S/C14H17N3S.C8H14O3/c1-3-4-7-17-9-8-16(2)18-14-6-5-12(11-15)10-13(14)17;1-8(2,3)11-7(9)5-6-10-4/h3,5-6,10H,1,4,7-9H2,2H3;5-6H,1-4H3/b;6-5+. The molecular weight excluding hydrogens is 386 g/mol. The van der Waals surface area contributed by atoms with E-state index in [1.165, 1.54) is 30.0 Å². The Morgan fingerprint density at radius 2 is 2.10 bits per heavy atom. The molecule has 0 bridgehead atoms. The van der Waals surface area contributed by atoms with Gasteiger partial charge in [0.05, 0.1) is 36.8 Å². The minimum Gasteiger partial charge on any atom is -0.504 e. The number of hydrogen-bond donors (Lipinski definition) is 0. The van der Waals surface area contributed by atoms with E-state index in [1.807, 2.05) is 45.0 Å². The molecule has 1 aromatic carbocycles. The van der Waals surface area contributed by atoms with Crippen molar-refractivity contribution >= 4 is 23.6 Å². The number of likely N-dealkylation sites (N-methyl/N-ethyl adjacent to an activating group) is 1. The molecule has 0 N–H and O–H groups in total. The first kappa shape index (κ1) is 24.6. The molecule has 0 spiro atoms. The summed E-state index contributed by atoms with van der Waals surface area (Å²) >= 11 is 1.75. The molecule has 1 aliphatic heterocycles. The van der Waals surface area contributed by atoms with Gasteiger partial charge in [-0.2, -0.15) is 5.26 Å². The lowest BCUT2D eigenvalue weighted by Crippen LogP contribution is -2.29. The van der Waals surface area contributed by atoms with Crippen LogP contribution in [0, 0.1) is 11.3 Å². The van der Waals surface area contributed by atoms with E-state index >= 15 is 0 Å². The fourth-order valence-electron chi connectivity index (χ4n) is 2.45. The third-order valence-electron chi connectivity index (χ3n) is 3.72. The van der Waals surface area contributed by atoms with Crippen molar-refractivity contribution in [3.8, 4) is 6.07 Å². The smallest absolute Gasteiger partial charge is 0.334 e. The minimum atomic E-state index is -0.435. The Balaban J connectivity index is 0.000000331. The van der Waals surface area contributed by atoms with Crippen molar-refractivity contribution in [1.82, 2.24) is 4.31 Å². The van der Waals surface area contributed by atoms with E-state index < -0.39 is 5.60 Å². The fraction of sp³-hybridized carbons (Fsp3) is 0.455. The molecule has 0 amide bonds. The molecule has 1 heterocycles. The number of hydrogen-bond acceptors (Lipinski definition) is 7. The Morgan fingerprint density at radius 1 is 1.38 bits per heavy atom. The fourth-order valence-corrected chi connectivity index (χ4v) is 3.36. The number of esters is 1. The number of carbonyl (C=O) groups excluding carboxylic acids is 1. The summed E-state index contributed by atoms with van der Waals surface area (Å²) in [6.45, 7) is 12.2. The topological polar surface area (TPSA) is 65.8 Å². The molecule has 29 heavy (non-hydrogen) atoms. The van der Waals surface area contributed by atoms with E-state index in [-0.39, 0.29) is 5.97 Å². The van der Waals surface area contributed by atoms with Gasteiger partial charge in [-0.05, 0) is 64.4 Å². The van der Waals surface area contributed by atoms with Gasteiger partial charge in [0.25, 0.3) is 0 Å². The zero-order valence-electron chi connectivity index (χ0n) is 18.0. The summed E-state index contributed by atoms with van der Waals surface area (Å²) in [5.41, 5.74) is 1.46. The Morgan fingerprint density at radius 3 is 2.69 bits per heavy atom. The van der Waals surface area contributed by atoms with Gasteiger partial charge < -0.3 is 14.4 Å². The summed E-state index contributed by atoms with van der Waals surface area (Å²) in [4.78, 5) is 14.4. The van der Waals surface area contributed by atoms with Crippen LogP contribution in [0.1, 0.15) is 32.8 Å². The predicted octanol–water partition coefficient (Wildman–Crippen LogP) is 4.38. The van der Waals surface area contributed by atoms with Gasteiger partial charge in [0.15, 0.2) is 0 Å². The first-order chi connectivity index (χ1) is 13.7. The van der Waals surface area contributed by atoms with Crippen LogP contribution in [0.5, 0.6) is 0 Å². The lowest BCUT2D eigenvalue weighted by Gasteiger charge is -2.23. The lowest BCUT2D eigenvalue weighted by molar-refractivity contribution is -0.148. The number of methoxy groups -OCH3 is 1. The summed E-state index contributed by atoms with van der Waals surface area (Å²) < 4.78 is 11.7. The molecule has 1 aliphatic rings. The Labute approximate surface area is 178 Å². The van der Waals surface area contributed by atoms with E-state index in [0.29, 0.717) is 0 Å². The van der Waals surface area contributed by atoms with Gasteiger partial charge in [0.1, 0.15) is 5.60 Å². The average Bonchev–Trinajstić information content (AvgIpc) is 2.81. The van der Waals surface area contributed by atoms with Crippen LogP contribution in [-0.4, -0.2) is 49.7 Å². The number of nitrogens with zero attached hydrogens (tertiary/aromatic N) is 3. The maximum atomic E-state index is 10.8. The first-order valence-electron chi connectivity index (χ1n) is 9.41. The van der Waals surface area contributed by atoms with Gasteiger partial charge in [0, 0.05) is 24.5 Å². The van der Waals surface area contributed by atoms with E-state index in [1.54, 1.807) is 11.9 Å². The van der Waals surface area contributed by atoms with Crippen molar-refractivity contribution in [3.05, 3.63) is 48.8 Å². The number of carbonyl (C=O) groups is 1. The van der Waals surface area contributed by atoms with Crippen molar-refractivity contribution < 1.29 is 14.3 Å². The molecule has 0 aliphatic carbocycles. The second-order valence-corrected chi connectivity index (χ2v) is 8.62. The molecule has 158 valence electrons. The minimum absolute atomic E-state index is 0.389. The summed E-state index contributed by atoms with van der Waals surface area (Å²) in [5.74, 6) is -0.389. The van der Waals surface area contributed by atoms with Crippen LogP contribution < -0.4 is 4.90 Å². The Kier molecular flexibility index (Phi) is 10.4. The van der Waals surface area contributed by atoms with Gasteiger partial charge in [-0.25, -0.2) is 9.10 Å². The largest absolute Gasteiger partial charge is 0.504 e. The van der Waals surface area contributed by atoms with Crippen molar-refractivity contribution in [2.75, 3.05) is 38.7 Å². The summed E-state index contributed by atoms with van der Waals surface area (Å²) in [5, 5.41) is 9.02. The third kappa shape index (κ3) is 9.55. The quantitative estimate of drug-likeness (QED) is 0.231. The molecule has 1 aromatic rings. The summed E-state index contributed by atoms with van der Waals surface area (Å²) in [7, 11) is 3.57. The van der Waals surface area contributed by atoms with E-state index in [2.05, 4.69) is 33.6 Å². The second kappa shape index (κ2) is 12.2. The van der Waals surface area contributed by atoms with Crippen LogP contribution in [0.4, 0.5) is 5.69 Å². The molecule has 0 aromatic heterocycles. The second-order valence-electron chi connectivity index (χ2n) is 7.37. The number of anilines is 1. The number of fused-ring (bicyclic) bond motifs is 1. The van der Waals surface area contributed by atoms with Crippen LogP contribution in [-0.2, 0) is 14.3 Å². The van der Waals surface area contributed by atoms with Crippen molar-refractivity contribution in [2.24, 2.45) is 0 Å². The maximum absolute atomic E-state index is 10.8. The zero-order chi connectivity index (χ0) is 21.9. The summed E-state index contributed by atoms with van der Waals surface area (Å²) in [6.07, 6.45) is 5.43. The van der Waals surface area contributed by atoms with Crippen molar-refractivity contribution in [2.45, 2.75) is 37.7 Å². The molecule has 0 saturated carbocycles. The normalized spacial score (nSPS) is 14.1. The lowest BCUT2D eigenvalue weighted by atomic mass is 10.2. The van der Waals surface area contributed by atoms with Gasteiger partial charge in [0.2, 0.25) is 0 Å². The predicted molar refractivity (Wildman–Crippen MR) is 119 cm³/mol. The van der Waals surface area contributed by atoms with Crippen LogP contribution in [0.2, 0.25) is 0 Å². The van der Waals surface area contributed by atoms with Gasteiger partial charge in [-0.15, -0.1) is 6.58 Å². The Bertz CT molecular complexity index is 751. The Hall–Kier alpha value is -2.43. The van der Waals surface area contributed by atoms with Crippen LogP contribution >= 0.6 is 11.9 Å². The van der Waals surface area contributed by atoms with Crippen molar-refractivity contribution in [1.29, 1.82) is 5.26 Å². The monoisotopic (exact) mass is 417 g/mol. The summed E-state index contributed by atoms with van der Waals surface area (Å²) in [6, 6.07) is 8.13. The highest BCUT2D eigenvalue weighted by atomic mass is 32.2. The van der Waals surface area contributed by atoms with Gasteiger partial charge in [-0.3, -0.25) is 0 Å². The number of nitriles is 1. The first-order valence-corrected chi connectivity index (χ1v) is 10.2. The van der Waals surface area contributed by atoms with E-state index in [9.17, 15) is 4.79 Å². The van der Waals surface area contributed by atoms with Crippen LogP contribution in [0.25, 0.3) is 0 Å². The van der Waals surface area contributed by atoms with Crippen LogP contribution in [0.15, 0.2) is 48.1 Å². The molecule has 0 saturated heterocycles. The molecule has 2 rings (SSSR count). The average molecular weight is 418 g/mol. The number of rotatable bonds is 5. The van der Waals surface area contributed by atoms with E-state index in [0.717, 1.165) is 31.6 Å². The third-order valence-corrected chi connectivity index (χ3v) is 4.75. The zero-order valence-corrected chi connectivity index (χ0v) is 18.8. The molecule has 0 fully saturated rings. The molecule has 0 atom stereocenters. The number of ether oxygens (including phenoxy) is 2.